The molecular formula is C37H36S24. The molecule has 0 unspecified atom stereocenters. The van der Waals surface area contributed by atoms with E-state index in [1.54, 1.807) is 0 Å². The Labute approximate surface area is 465 Å². The molecule has 8 rings (SSSR count). The van der Waals surface area contributed by atoms with Crippen LogP contribution in [0.25, 0.3) is 0 Å². The van der Waals surface area contributed by atoms with Crippen molar-refractivity contribution in [3.05, 3.63) is 107 Å². The van der Waals surface area contributed by atoms with Gasteiger partial charge < -0.3 is 0 Å². The van der Waals surface area contributed by atoms with Crippen molar-refractivity contribution < 1.29 is 0 Å². The third kappa shape index (κ3) is 13.5. The summed E-state index contributed by atoms with van der Waals surface area (Å²) in [4.78, 5) is 11.6. The topological polar surface area (TPSA) is 0 Å². The van der Waals surface area contributed by atoms with Crippen molar-refractivity contribution in [1.29, 1.82) is 0 Å². The summed E-state index contributed by atoms with van der Waals surface area (Å²) in [6.07, 6.45) is 4.47. The molecule has 0 nitrogen and oxygen atoms in total. The maximum absolute atomic E-state index is 2.27. The van der Waals surface area contributed by atoms with Crippen LogP contribution in [0.1, 0.15) is 55.4 Å². The molecule has 0 radical (unpaired) electrons. The molecule has 8 heterocycles. The standard InChI is InChI=1S/C37H36S24/c1-14-15(2)47-30(46-14)34-54-22(38-9)24(56-34)40-11-42-26-28(60-36(58-26)32-50-18(5)19(6)51-32)44-13-45-29-27(59-37(61-29)33-52-20(7)21(8)53-33)43-12-41-25-23(39-10)55-35(57-25)31-48-16(3)17(4)49-31/h11-13H2,1-10H3. The van der Waals surface area contributed by atoms with E-state index in [9.17, 15) is 0 Å². The van der Waals surface area contributed by atoms with Crippen LogP contribution in [0.3, 0.4) is 0 Å². The van der Waals surface area contributed by atoms with Crippen LogP contribution in [0.15, 0.2) is 107 Å². The summed E-state index contributed by atoms with van der Waals surface area (Å²) in [6.45, 7) is 18.1. The fourth-order valence-electron chi connectivity index (χ4n) is 4.72. The van der Waals surface area contributed by atoms with Gasteiger partial charge in [0.05, 0.1) is 67.8 Å². The molecule has 0 spiro atoms. The normalized spacial score (nSPS) is 23.1. The van der Waals surface area contributed by atoms with Crippen LogP contribution in [0.4, 0.5) is 0 Å². The number of thioether (sulfide) groups is 24. The number of hydrogen-bond donors (Lipinski definition) is 0. The molecule has 0 atom stereocenters. The second-order valence-electron chi connectivity index (χ2n) is 12.3. The highest BCUT2D eigenvalue weighted by Crippen LogP contribution is 2.69. The molecule has 8 aliphatic heterocycles. The van der Waals surface area contributed by atoms with E-state index < -0.39 is 0 Å². The van der Waals surface area contributed by atoms with E-state index in [1.807, 2.05) is 259 Å². The Hall–Kier alpha value is 5.28. The third-order valence-corrected chi connectivity index (χ3v) is 43.1. The van der Waals surface area contributed by atoms with E-state index in [-0.39, 0.29) is 0 Å². The lowest BCUT2D eigenvalue weighted by molar-refractivity contribution is 1.57. The predicted molar refractivity (Wildman–Crippen MR) is 338 cm³/mol. The molecule has 0 aromatic carbocycles. The van der Waals surface area contributed by atoms with E-state index in [1.165, 1.54) is 107 Å². The van der Waals surface area contributed by atoms with Crippen LogP contribution in [-0.4, -0.2) is 27.8 Å². The third-order valence-electron chi connectivity index (χ3n) is 8.28. The van der Waals surface area contributed by atoms with Gasteiger partial charge in [0.25, 0.3) is 0 Å². The zero-order valence-corrected chi connectivity index (χ0v) is 53.5. The first kappa shape index (κ1) is 52.6. The molecule has 0 N–H and O–H groups in total. The first-order valence-corrected chi connectivity index (χ1v) is 39.1. The van der Waals surface area contributed by atoms with Gasteiger partial charge in [-0.05, 0) is 107 Å². The highest BCUT2D eigenvalue weighted by Gasteiger charge is 2.33. The lowest BCUT2D eigenvalue weighted by atomic mass is 10.6. The van der Waals surface area contributed by atoms with E-state index in [0.29, 0.717) is 0 Å². The minimum Gasteiger partial charge on any atom is -0.121 e. The van der Waals surface area contributed by atoms with Gasteiger partial charge in [0.2, 0.25) is 0 Å². The van der Waals surface area contributed by atoms with Gasteiger partial charge in [0, 0.05) is 15.3 Å². The van der Waals surface area contributed by atoms with Crippen molar-refractivity contribution in [3.8, 4) is 0 Å². The largest absolute Gasteiger partial charge is 0.121 e. The van der Waals surface area contributed by atoms with E-state index >= 15 is 0 Å². The predicted octanol–water partition coefficient (Wildman–Crippen LogP) is 23.8. The fourth-order valence-corrected chi connectivity index (χ4v) is 40.2. The zero-order valence-electron chi connectivity index (χ0n) is 33.9. The smallest absolute Gasteiger partial charge is 0.0717 e. The number of allylic oxidation sites excluding steroid dienone is 8. The van der Waals surface area contributed by atoms with Crippen LogP contribution in [0, 0.1) is 0 Å². The Morgan fingerprint density at radius 2 is 0.377 bits per heavy atom. The van der Waals surface area contributed by atoms with Crippen molar-refractivity contribution in [2.45, 2.75) is 55.4 Å². The van der Waals surface area contributed by atoms with Crippen LogP contribution in [0.2, 0.25) is 0 Å². The fraction of sp³-hybridized carbons (Fsp3) is 0.351. The zero-order chi connectivity index (χ0) is 42.9. The average molecular weight is 1250 g/mol. The minimum absolute atomic E-state index is 1.01. The Morgan fingerprint density at radius 1 is 0.230 bits per heavy atom. The lowest BCUT2D eigenvalue weighted by Crippen LogP contribution is -1.78. The maximum Gasteiger partial charge on any atom is 0.0717 e. The average Bonchev–Trinajstić information content (AvgIpc) is 4.11. The number of hydrogen-bond acceptors (Lipinski definition) is 24. The highest BCUT2D eigenvalue weighted by atomic mass is 32.3. The van der Waals surface area contributed by atoms with Gasteiger partial charge in [0.1, 0.15) is 0 Å². The molecule has 328 valence electrons. The van der Waals surface area contributed by atoms with E-state index in [2.05, 4.69) is 91.4 Å². The summed E-state index contributed by atoms with van der Waals surface area (Å²) in [5.74, 6) is 0. The van der Waals surface area contributed by atoms with Crippen LogP contribution in [0.5, 0.6) is 0 Å². The summed E-state index contributed by atoms with van der Waals surface area (Å²) in [6, 6.07) is 0. The van der Waals surface area contributed by atoms with Gasteiger partial charge in [0.15, 0.2) is 0 Å². The summed E-state index contributed by atoms with van der Waals surface area (Å²) in [5.41, 5.74) is 0. The number of rotatable bonds is 14. The van der Waals surface area contributed by atoms with Crippen molar-refractivity contribution in [1.82, 2.24) is 0 Å². The summed E-state index contributed by atoms with van der Waals surface area (Å²) < 4.78 is 23.5. The highest BCUT2D eigenvalue weighted by molar-refractivity contribution is 8.48. The molecule has 0 bridgehead atoms. The lowest BCUT2D eigenvalue weighted by Gasteiger charge is -2.08. The molecule has 0 fully saturated rings. The van der Waals surface area contributed by atoms with Gasteiger partial charge in [-0.2, -0.15) is 0 Å². The van der Waals surface area contributed by atoms with Crippen LogP contribution < -0.4 is 0 Å². The van der Waals surface area contributed by atoms with Crippen molar-refractivity contribution in [3.63, 3.8) is 0 Å². The summed E-state index contributed by atoms with van der Waals surface area (Å²) >= 11 is 47.8. The first-order valence-electron chi connectivity index (χ1n) is 17.7. The Kier molecular flexibility index (Phi) is 21.4. The molecule has 61 heavy (non-hydrogen) atoms. The van der Waals surface area contributed by atoms with Crippen molar-refractivity contribution >= 4 is 282 Å². The monoisotopic (exact) mass is 1250 g/mol. The Balaban J connectivity index is 0.933. The molecule has 0 aliphatic carbocycles. The van der Waals surface area contributed by atoms with Crippen LogP contribution >= 0.6 is 282 Å². The van der Waals surface area contributed by atoms with Gasteiger partial charge in [-0.1, -0.05) is 188 Å². The SMILES string of the molecule is CSC1=C(SCSC2=C(SCSC3=C(SCSC4=C(SC)SC(=C5SC(C)=C(C)S5)S4)SC(=C4SC(C)=C(C)S4)S3)SC(=C3SC(C)=C(C)S3)S2)SC(=C2SC(C)=C(C)S2)S1. The Bertz CT molecular complexity index is 2070. The van der Waals surface area contributed by atoms with Gasteiger partial charge in [-0.3, -0.25) is 0 Å². The molecule has 24 heteroatoms. The molecule has 0 amide bonds. The van der Waals surface area contributed by atoms with Gasteiger partial charge in [-0.25, -0.2) is 0 Å². The van der Waals surface area contributed by atoms with Gasteiger partial charge in [-0.15, -0.1) is 94.1 Å². The van der Waals surface area contributed by atoms with E-state index in [4.69, 9.17) is 0 Å². The first-order chi connectivity index (χ1) is 29.4. The summed E-state index contributed by atoms with van der Waals surface area (Å²) in [7, 11) is 0. The molecule has 0 saturated heterocycles. The van der Waals surface area contributed by atoms with Crippen molar-refractivity contribution in [2.75, 3.05) is 27.8 Å². The Morgan fingerprint density at radius 3 is 0.557 bits per heavy atom. The molecule has 0 aromatic rings. The quantitative estimate of drug-likeness (QED) is 0.151. The van der Waals surface area contributed by atoms with Crippen molar-refractivity contribution in [2.24, 2.45) is 0 Å². The minimum atomic E-state index is 1.01. The molecule has 8 aliphatic rings. The molecular weight excluding hydrogens is 1210 g/mol. The van der Waals surface area contributed by atoms with E-state index in [0.717, 1.165) is 15.3 Å². The summed E-state index contributed by atoms with van der Waals surface area (Å²) in [5, 5.41) is 3.07. The molecule has 0 aromatic heterocycles. The second-order valence-corrected chi connectivity index (χ2v) is 43.1. The van der Waals surface area contributed by atoms with Crippen LogP contribution in [-0.2, 0) is 0 Å². The molecule has 0 saturated carbocycles. The maximum atomic E-state index is 2.27. The second kappa shape index (κ2) is 24.8. The van der Waals surface area contributed by atoms with Gasteiger partial charge >= 0.3 is 0 Å².